The summed E-state index contributed by atoms with van der Waals surface area (Å²) in [6.45, 7) is 7.65. The highest BCUT2D eigenvalue weighted by atomic mass is 16.3. The first kappa shape index (κ1) is 14.6. The maximum atomic E-state index is 11.1. The average Bonchev–Trinajstić information content (AvgIpc) is 2.76. The molecule has 3 nitrogen and oxygen atoms in total. The Kier molecular flexibility index (Phi) is 4.67. The fourth-order valence-corrected chi connectivity index (χ4v) is 3.65. The van der Waals surface area contributed by atoms with E-state index in [-0.39, 0.29) is 0 Å². The Morgan fingerprint density at radius 3 is 2.95 bits per heavy atom. The monoisotopic (exact) mass is 264 g/mol. The van der Waals surface area contributed by atoms with Crippen LogP contribution in [-0.2, 0) is 13.0 Å². The van der Waals surface area contributed by atoms with Crippen LogP contribution in [0.15, 0.2) is 12.4 Å². The molecular weight excluding hydrogens is 236 g/mol. The van der Waals surface area contributed by atoms with Crippen molar-refractivity contribution in [1.29, 1.82) is 0 Å². The second kappa shape index (κ2) is 6.08. The summed E-state index contributed by atoms with van der Waals surface area (Å²) in [7, 11) is 0. The van der Waals surface area contributed by atoms with Crippen LogP contribution >= 0.6 is 0 Å². The second-order valence-corrected chi connectivity index (χ2v) is 6.41. The van der Waals surface area contributed by atoms with E-state index in [4.69, 9.17) is 0 Å². The molecule has 1 aromatic rings. The van der Waals surface area contributed by atoms with Crippen LogP contribution in [0.1, 0.15) is 58.7 Å². The van der Waals surface area contributed by atoms with E-state index in [1.807, 2.05) is 12.4 Å². The van der Waals surface area contributed by atoms with Crippen LogP contribution < -0.4 is 0 Å². The van der Waals surface area contributed by atoms with Gasteiger partial charge in [0.05, 0.1) is 5.60 Å². The molecule has 1 fully saturated rings. The van der Waals surface area contributed by atoms with Crippen LogP contribution in [-0.4, -0.2) is 20.3 Å². The molecule has 0 amide bonds. The molecule has 2 atom stereocenters. The fraction of sp³-hybridized carbons (Fsp3) is 0.812. The van der Waals surface area contributed by atoms with Gasteiger partial charge in [-0.15, -0.1) is 0 Å². The zero-order chi connectivity index (χ0) is 13.9. The van der Waals surface area contributed by atoms with Crippen molar-refractivity contribution < 1.29 is 5.11 Å². The lowest BCUT2D eigenvalue weighted by Gasteiger charge is -2.42. The molecule has 1 N–H and O–H groups in total. The van der Waals surface area contributed by atoms with E-state index in [0.717, 1.165) is 38.1 Å². The maximum Gasteiger partial charge on any atom is 0.111 e. The Morgan fingerprint density at radius 2 is 2.26 bits per heavy atom. The molecule has 0 aromatic carbocycles. The standard InChI is InChI=1S/C16H28N2O/c1-4-10-18-11-9-17-15(18)12-16(19)8-6-5-7-14(16)13(2)3/h9,11,13-14,19H,4-8,10,12H2,1-3H3. The summed E-state index contributed by atoms with van der Waals surface area (Å²) in [5.74, 6) is 2.00. The lowest BCUT2D eigenvalue weighted by molar-refractivity contribution is -0.0670. The van der Waals surface area contributed by atoms with Crippen LogP contribution in [0.4, 0.5) is 0 Å². The highest BCUT2D eigenvalue weighted by Gasteiger charge is 2.41. The van der Waals surface area contributed by atoms with Crippen LogP contribution in [0.5, 0.6) is 0 Å². The number of imidazole rings is 1. The summed E-state index contributed by atoms with van der Waals surface area (Å²) in [6.07, 6.45) is 10.2. The molecule has 1 aliphatic carbocycles. The van der Waals surface area contributed by atoms with Crippen molar-refractivity contribution in [2.24, 2.45) is 11.8 Å². The van der Waals surface area contributed by atoms with E-state index in [9.17, 15) is 5.11 Å². The van der Waals surface area contributed by atoms with Crippen molar-refractivity contribution in [3.05, 3.63) is 18.2 Å². The minimum Gasteiger partial charge on any atom is -0.389 e. The second-order valence-electron chi connectivity index (χ2n) is 6.41. The molecule has 0 aliphatic heterocycles. The van der Waals surface area contributed by atoms with Gasteiger partial charge in [-0.2, -0.15) is 0 Å². The minimum absolute atomic E-state index is 0.410. The largest absolute Gasteiger partial charge is 0.389 e. The van der Waals surface area contributed by atoms with Crippen molar-refractivity contribution in [3.8, 4) is 0 Å². The summed E-state index contributed by atoms with van der Waals surface area (Å²) in [5.41, 5.74) is -0.552. The molecule has 1 heterocycles. The van der Waals surface area contributed by atoms with E-state index in [1.54, 1.807) is 0 Å². The molecule has 0 saturated heterocycles. The van der Waals surface area contributed by atoms with E-state index in [1.165, 1.54) is 6.42 Å². The third kappa shape index (κ3) is 3.19. The number of aromatic nitrogens is 2. The Hall–Kier alpha value is -0.830. The predicted molar refractivity (Wildman–Crippen MR) is 78.0 cm³/mol. The van der Waals surface area contributed by atoms with Crippen LogP contribution in [0.3, 0.4) is 0 Å². The Labute approximate surface area is 117 Å². The van der Waals surface area contributed by atoms with E-state index in [0.29, 0.717) is 18.3 Å². The first-order valence-electron chi connectivity index (χ1n) is 7.79. The summed E-state index contributed by atoms with van der Waals surface area (Å²) in [6, 6.07) is 0. The molecule has 2 unspecified atom stereocenters. The number of hydrogen-bond acceptors (Lipinski definition) is 2. The molecule has 1 saturated carbocycles. The van der Waals surface area contributed by atoms with E-state index >= 15 is 0 Å². The maximum absolute atomic E-state index is 11.1. The van der Waals surface area contributed by atoms with Gasteiger partial charge in [0, 0.05) is 25.4 Å². The molecule has 3 heteroatoms. The summed E-state index contributed by atoms with van der Waals surface area (Å²) < 4.78 is 2.20. The zero-order valence-corrected chi connectivity index (χ0v) is 12.6. The van der Waals surface area contributed by atoms with Crippen molar-refractivity contribution >= 4 is 0 Å². The summed E-state index contributed by atoms with van der Waals surface area (Å²) in [5, 5.41) is 11.1. The van der Waals surface area contributed by atoms with Crippen molar-refractivity contribution in [3.63, 3.8) is 0 Å². The predicted octanol–water partition coefficient (Wildman–Crippen LogP) is 3.41. The Bertz CT molecular complexity index is 399. The molecule has 1 aliphatic rings. The smallest absolute Gasteiger partial charge is 0.111 e. The Morgan fingerprint density at radius 1 is 1.47 bits per heavy atom. The van der Waals surface area contributed by atoms with Crippen LogP contribution in [0.2, 0.25) is 0 Å². The molecule has 1 aromatic heterocycles. The van der Waals surface area contributed by atoms with Gasteiger partial charge in [-0.05, 0) is 31.1 Å². The topological polar surface area (TPSA) is 38.0 Å². The first-order chi connectivity index (χ1) is 9.07. The van der Waals surface area contributed by atoms with Gasteiger partial charge in [0.2, 0.25) is 0 Å². The zero-order valence-electron chi connectivity index (χ0n) is 12.6. The number of rotatable bonds is 5. The SMILES string of the molecule is CCCn1ccnc1CC1(O)CCCCC1C(C)C. The fourth-order valence-electron chi connectivity index (χ4n) is 3.65. The first-order valence-corrected chi connectivity index (χ1v) is 7.79. The molecule has 0 radical (unpaired) electrons. The third-order valence-electron chi connectivity index (χ3n) is 4.60. The van der Waals surface area contributed by atoms with Crippen LogP contribution in [0.25, 0.3) is 0 Å². The molecule has 19 heavy (non-hydrogen) atoms. The molecule has 0 bridgehead atoms. The summed E-state index contributed by atoms with van der Waals surface area (Å²) >= 11 is 0. The molecule has 108 valence electrons. The normalized spacial score (nSPS) is 27.9. The lowest BCUT2D eigenvalue weighted by atomic mass is 9.68. The van der Waals surface area contributed by atoms with Crippen LogP contribution in [0, 0.1) is 11.8 Å². The van der Waals surface area contributed by atoms with E-state index in [2.05, 4.69) is 30.3 Å². The van der Waals surface area contributed by atoms with Gasteiger partial charge in [-0.25, -0.2) is 4.98 Å². The number of hydrogen-bond donors (Lipinski definition) is 1. The minimum atomic E-state index is -0.552. The van der Waals surface area contributed by atoms with Crippen molar-refractivity contribution in [2.45, 2.75) is 71.4 Å². The summed E-state index contributed by atoms with van der Waals surface area (Å²) in [4.78, 5) is 4.47. The number of aryl methyl sites for hydroxylation is 1. The third-order valence-corrected chi connectivity index (χ3v) is 4.60. The average molecular weight is 264 g/mol. The van der Waals surface area contributed by atoms with Gasteiger partial charge < -0.3 is 9.67 Å². The quantitative estimate of drug-likeness (QED) is 0.885. The van der Waals surface area contributed by atoms with Crippen molar-refractivity contribution in [1.82, 2.24) is 9.55 Å². The van der Waals surface area contributed by atoms with Gasteiger partial charge in [-0.3, -0.25) is 0 Å². The van der Waals surface area contributed by atoms with Gasteiger partial charge in [-0.1, -0.05) is 33.6 Å². The van der Waals surface area contributed by atoms with E-state index < -0.39 is 5.60 Å². The molecule has 0 spiro atoms. The van der Waals surface area contributed by atoms with Crippen molar-refractivity contribution in [2.75, 3.05) is 0 Å². The highest BCUT2D eigenvalue weighted by Crippen LogP contribution is 2.40. The molecular formula is C16H28N2O. The Balaban J connectivity index is 2.16. The number of aliphatic hydroxyl groups is 1. The van der Waals surface area contributed by atoms with Gasteiger partial charge in [0.25, 0.3) is 0 Å². The van der Waals surface area contributed by atoms with Gasteiger partial charge >= 0.3 is 0 Å². The van der Waals surface area contributed by atoms with Gasteiger partial charge in [0.1, 0.15) is 5.82 Å². The number of nitrogens with zero attached hydrogens (tertiary/aromatic N) is 2. The molecule has 2 rings (SSSR count). The highest BCUT2D eigenvalue weighted by molar-refractivity contribution is 5.03. The van der Waals surface area contributed by atoms with Gasteiger partial charge in [0.15, 0.2) is 0 Å². The lowest BCUT2D eigenvalue weighted by Crippen LogP contribution is -2.45.